The first-order chi connectivity index (χ1) is 15.8. The maximum Gasteiger partial charge on any atom is 0.419 e. The van der Waals surface area contributed by atoms with Gasteiger partial charge in [0.15, 0.2) is 5.82 Å². The molecule has 0 fully saturated rings. The van der Waals surface area contributed by atoms with E-state index in [2.05, 4.69) is 34.0 Å². The number of carbonyl (C=O) groups excluding carboxylic acids is 1. The van der Waals surface area contributed by atoms with Gasteiger partial charge in [0.25, 0.3) is 5.91 Å². The van der Waals surface area contributed by atoms with Crippen LogP contribution in [0.25, 0.3) is 11.5 Å². The lowest BCUT2D eigenvalue weighted by atomic mass is 10.1. The van der Waals surface area contributed by atoms with Gasteiger partial charge < -0.3 is 14.6 Å². The molecule has 7 nitrogen and oxygen atoms in total. The van der Waals surface area contributed by atoms with Gasteiger partial charge in [-0.05, 0) is 30.7 Å². The van der Waals surface area contributed by atoms with E-state index in [0.29, 0.717) is 11.5 Å². The largest absolute Gasteiger partial charge is 0.488 e. The number of unbranched alkanes of at least 4 members (excludes halogenated alkanes) is 2. The number of nitrogens with one attached hydrogen (secondary N) is 1. The number of aryl methyl sites for hydroxylation is 1. The summed E-state index contributed by atoms with van der Waals surface area (Å²) in [6, 6.07) is 8.21. The molecule has 10 heteroatoms. The smallest absolute Gasteiger partial charge is 0.419 e. The Bertz CT molecular complexity index is 1110. The lowest BCUT2D eigenvalue weighted by molar-refractivity contribution is -0.138. The number of ether oxygens (including phenoxy) is 1. The monoisotopic (exact) mass is 459 g/mol. The number of pyridine rings is 1. The molecule has 33 heavy (non-hydrogen) atoms. The molecule has 0 aliphatic heterocycles. The predicted octanol–water partition coefficient (Wildman–Crippen LogP) is 5.37. The van der Waals surface area contributed by atoms with E-state index in [0.717, 1.165) is 37.9 Å². The number of hydrogen-bond acceptors (Lipinski definition) is 5. The van der Waals surface area contributed by atoms with Crippen molar-refractivity contribution >= 4 is 11.7 Å². The van der Waals surface area contributed by atoms with Crippen molar-refractivity contribution in [2.75, 3.05) is 11.9 Å². The summed E-state index contributed by atoms with van der Waals surface area (Å²) in [5.41, 5.74) is -0.825. The van der Waals surface area contributed by atoms with Crippen LogP contribution >= 0.6 is 0 Å². The Kier molecular flexibility index (Phi) is 7.81. The van der Waals surface area contributed by atoms with E-state index < -0.39 is 23.4 Å². The molecule has 1 N–H and O–H groups in total. The van der Waals surface area contributed by atoms with Gasteiger partial charge in [0.1, 0.15) is 30.2 Å². The highest BCUT2D eigenvalue weighted by atomic mass is 19.4. The second-order valence-corrected chi connectivity index (χ2v) is 7.20. The molecule has 2 aromatic heterocycles. The summed E-state index contributed by atoms with van der Waals surface area (Å²) in [4.78, 5) is 17.3. The molecule has 0 atom stereocenters. The zero-order valence-corrected chi connectivity index (χ0v) is 18.1. The molecule has 3 rings (SSSR count). The molecule has 174 valence electrons. The van der Waals surface area contributed by atoms with Crippen molar-refractivity contribution in [3.8, 4) is 17.3 Å². The molecule has 0 unspecified atom stereocenters. The van der Waals surface area contributed by atoms with Crippen LogP contribution < -0.4 is 10.1 Å². The third-order valence-corrected chi connectivity index (χ3v) is 4.75. The maximum absolute atomic E-state index is 13.4. The summed E-state index contributed by atoms with van der Waals surface area (Å²) in [5, 5.41) is 10.6. The first-order valence-corrected chi connectivity index (χ1v) is 10.5. The second kappa shape index (κ2) is 10.8. The van der Waals surface area contributed by atoms with Gasteiger partial charge in [0, 0.05) is 6.54 Å². The molecule has 1 amide bonds. The fourth-order valence-corrected chi connectivity index (χ4v) is 3.20. The van der Waals surface area contributed by atoms with Crippen molar-refractivity contribution < 1.29 is 22.7 Å². The van der Waals surface area contributed by atoms with Gasteiger partial charge in [-0.3, -0.25) is 4.79 Å². The van der Waals surface area contributed by atoms with Crippen LogP contribution in [0.2, 0.25) is 0 Å². The molecular weight excluding hydrogens is 435 g/mol. The molecule has 0 aliphatic rings. The molecule has 0 spiro atoms. The Hall–Kier alpha value is -3.69. The standard InChI is InChI=1S/C23H24F3N5O2/c1-3-5-6-13-31-15-27-30-21(31)18-11-8-12-19(28-18)29-22(32)16-9-7-10-17(23(24,25)26)20(16)33-14-4-2/h4,7-12,15H,2-3,5-6,13-14H2,1H3,(H,28,29,32). The van der Waals surface area contributed by atoms with Gasteiger partial charge in [-0.2, -0.15) is 13.2 Å². The first kappa shape index (κ1) is 24.0. The average Bonchev–Trinajstić information content (AvgIpc) is 3.25. The Morgan fingerprint density at radius 3 is 2.73 bits per heavy atom. The lowest BCUT2D eigenvalue weighted by Gasteiger charge is -2.16. The zero-order valence-electron chi connectivity index (χ0n) is 18.1. The van der Waals surface area contributed by atoms with Crippen molar-refractivity contribution in [3.63, 3.8) is 0 Å². The first-order valence-electron chi connectivity index (χ1n) is 10.5. The van der Waals surface area contributed by atoms with E-state index in [9.17, 15) is 18.0 Å². The van der Waals surface area contributed by atoms with Crippen LogP contribution in [0, 0.1) is 0 Å². The summed E-state index contributed by atoms with van der Waals surface area (Å²) >= 11 is 0. The number of rotatable bonds is 10. The highest BCUT2D eigenvalue weighted by Gasteiger charge is 2.36. The molecule has 1 aromatic carbocycles. The van der Waals surface area contributed by atoms with Gasteiger partial charge in [-0.1, -0.05) is 44.6 Å². The summed E-state index contributed by atoms with van der Waals surface area (Å²) in [6.07, 6.45) is 1.33. The number of alkyl halides is 3. The summed E-state index contributed by atoms with van der Waals surface area (Å²) < 4.78 is 47.4. The summed E-state index contributed by atoms with van der Waals surface area (Å²) in [7, 11) is 0. The molecule has 2 heterocycles. The fraction of sp³-hybridized carbons (Fsp3) is 0.304. The zero-order chi connectivity index (χ0) is 23.8. The summed E-state index contributed by atoms with van der Waals surface area (Å²) in [6.45, 7) is 6.09. The van der Waals surface area contributed by atoms with E-state index >= 15 is 0 Å². The van der Waals surface area contributed by atoms with E-state index in [1.807, 2.05) is 4.57 Å². The van der Waals surface area contributed by atoms with Crippen LogP contribution in [0.15, 0.2) is 55.4 Å². The van der Waals surface area contributed by atoms with Crippen LogP contribution in [-0.2, 0) is 12.7 Å². The fourth-order valence-electron chi connectivity index (χ4n) is 3.20. The third kappa shape index (κ3) is 5.97. The number of halogens is 3. The van der Waals surface area contributed by atoms with Crippen LogP contribution in [0.1, 0.15) is 42.1 Å². The van der Waals surface area contributed by atoms with Gasteiger partial charge in [-0.25, -0.2) is 4.98 Å². The molecule has 3 aromatic rings. The minimum absolute atomic E-state index is 0.160. The normalized spacial score (nSPS) is 11.3. The minimum atomic E-state index is -4.69. The Morgan fingerprint density at radius 1 is 1.21 bits per heavy atom. The van der Waals surface area contributed by atoms with Crippen LogP contribution in [0.4, 0.5) is 19.0 Å². The number of hydrogen-bond donors (Lipinski definition) is 1. The molecule has 0 aliphatic carbocycles. The number of anilines is 1. The Labute approximate surface area is 189 Å². The van der Waals surface area contributed by atoms with Crippen LogP contribution in [-0.4, -0.2) is 32.3 Å². The topological polar surface area (TPSA) is 81.9 Å². The van der Waals surface area contributed by atoms with Crippen molar-refractivity contribution in [1.82, 2.24) is 19.7 Å². The van der Waals surface area contributed by atoms with Crippen molar-refractivity contribution in [2.45, 2.75) is 38.9 Å². The van der Waals surface area contributed by atoms with Gasteiger partial charge >= 0.3 is 6.18 Å². The third-order valence-electron chi connectivity index (χ3n) is 4.75. The number of benzene rings is 1. The molecular formula is C23H24F3N5O2. The number of aromatic nitrogens is 4. The van der Waals surface area contributed by atoms with E-state index in [1.165, 1.54) is 18.2 Å². The van der Waals surface area contributed by atoms with Crippen molar-refractivity contribution in [3.05, 3.63) is 66.5 Å². The molecule has 0 saturated heterocycles. The Morgan fingerprint density at radius 2 is 2.00 bits per heavy atom. The number of carbonyl (C=O) groups is 1. The molecule has 0 radical (unpaired) electrons. The Balaban J connectivity index is 1.87. The van der Waals surface area contributed by atoms with Crippen molar-refractivity contribution in [2.24, 2.45) is 0 Å². The number of amides is 1. The molecule has 0 saturated carbocycles. The highest BCUT2D eigenvalue weighted by Crippen LogP contribution is 2.38. The van der Waals surface area contributed by atoms with Gasteiger partial charge in [0.05, 0.1) is 11.1 Å². The predicted molar refractivity (Wildman–Crippen MR) is 118 cm³/mol. The van der Waals surface area contributed by atoms with Gasteiger partial charge in [0.2, 0.25) is 0 Å². The number of nitrogens with zero attached hydrogens (tertiary/aromatic N) is 4. The van der Waals surface area contributed by atoms with Crippen LogP contribution in [0.5, 0.6) is 5.75 Å². The van der Waals surface area contributed by atoms with Crippen molar-refractivity contribution in [1.29, 1.82) is 0 Å². The van der Waals surface area contributed by atoms with Crippen LogP contribution in [0.3, 0.4) is 0 Å². The van der Waals surface area contributed by atoms with E-state index in [4.69, 9.17) is 4.74 Å². The minimum Gasteiger partial charge on any atom is -0.488 e. The average molecular weight is 459 g/mol. The maximum atomic E-state index is 13.4. The van der Waals surface area contributed by atoms with Gasteiger partial charge in [-0.15, -0.1) is 10.2 Å². The number of para-hydroxylation sites is 1. The lowest BCUT2D eigenvalue weighted by Crippen LogP contribution is -2.18. The second-order valence-electron chi connectivity index (χ2n) is 7.20. The quantitative estimate of drug-likeness (QED) is 0.326. The highest BCUT2D eigenvalue weighted by molar-refractivity contribution is 6.06. The SMILES string of the molecule is C=CCOc1c(C(=O)Nc2cccc(-c3nncn3CCCCC)n2)cccc1C(F)(F)F. The van der Waals surface area contributed by atoms with E-state index in [-0.39, 0.29) is 18.0 Å². The molecule has 0 bridgehead atoms. The summed E-state index contributed by atoms with van der Waals surface area (Å²) in [5.74, 6) is -0.646. The van der Waals surface area contributed by atoms with E-state index in [1.54, 1.807) is 18.5 Å².